The quantitative estimate of drug-likeness (QED) is 0.625. The molecule has 0 bridgehead atoms. The second-order valence-corrected chi connectivity index (χ2v) is 11.7. The Morgan fingerprint density at radius 2 is 2.19 bits per heavy atom. The van der Waals surface area contributed by atoms with Crippen LogP contribution in [0.1, 0.15) is 10.4 Å². The molecule has 2 aromatic heterocycles. The highest BCUT2D eigenvalue weighted by molar-refractivity contribution is 6.76. The van der Waals surface area contributed by atoms with Crippen LogP contribution in [-0.2, 0) is 11.5 Å². The van der Waals surface area contributed by atoms with Crippen molar-refractivity contribution in [3.63, 3.8) is 0 Å². The van der Waals surface area contributed by atoms with E-state index in [4.69, 9.17) is 9.84 Å². The molecule has 0 unspecified atom stereocenters. The molecule has 0 fully saturated rings. The maximum Gasteiger partial charge on any atom is 0.339 e. The first kappa shape index (κ1) is 15.5. The summed E-state index contributed by atoms with van der Waals surface area (Å²) in [6.07, 6.45) is 2.67. The van der Waals surface area contributed by atoms with Crippen molar-refractivity contribution in [3.8, 4) is 0 Å². The number of aromatic carboxylic acids is 1. The zero-order chi connectivity index (χ0) is 15.6. The number of carboxylic acids is 1. The summed E-state index contributed by atoms with van der Waals surface area (Å²) in [5.41, 5.74) is -0.200. The number of nitrogens with one attached hydrogen (secondary N) is 1. The molecule has 0 aliphatic rings. The number of aromatic amines is 1. The molecule has 0 aliphatic carbocycles. The third kappa shape index (κ3) is 3.79. The van der Waals surface area contributed by atoms with Crippen LogP contribution in [-0.4, -0.2) is 40.5 Å². The second kappa shape index (κ2) is 5.82. The molecular weight excluding hydrogens is 290 g/mol. The number of ether oxygens (including phenoxy) is 1. The monoisotopic (exact) mass is 309 g/mol. The number of nitrogens with zero attached hydrogens (tertiary/aromatic N) is 2. The minimum atomic E-state index is -1.15. The Balaban J connectivity index is 2.16. The molecule has 0 atom stereocenters. The van der Waals surface area contributed by atoms with Crippen LogP contribution in [0, 0.1) is 0 Å². The van der Waals surface area contributed by atoms with Gasteiger partial charge >= 0.3 is 5.97 Å². The Morgan fingerprint density at radius 3 is 2.81 bits per heavy atom. The zero-order valence-electron chi connectivity index (χ0n) is 12.3. The van der Waals surface area contributed by atoms with Crippen molar-refractivity contribution in [2.24, 2.45) is 0 Å². The third-order valence-electron chi connectivity index (χ3n) is 3.06. The first-order valence-electron chi connectivity index (χ1n) is 6.68. The Bertz CT molecular complexity index is 714. The van der Waals surface area contributed by atoms with Crippen LogP contribution >= 0.6 is 0 Å². The lowest BCUT2D eigenvalue weighted by Gasteiger charge is -2.15. The Morgan fingerprint density at radius 1 is 1.48 bits per heavy atom. The molecule has 0 radical (unpaired) electrons. The van der Waals surface area contributed by atoms with Gasteiger partial charge in [0.05, 0.1) is 5.39 Å². The van der Waals surface area contributed by atoms with E-state index < -0.39 is 14.0 Å². The summed E-state index contributed by atoms with van der Waals surface area (Å²) in [5.74, 6) is -1.12. The van der Waals surface area contributed by atoms with Gasteiger partial charge in [-0.15, -0.1) is 0 Å². The van der Waals surface area contributed by atoms with Crippen molar-refractivity contribution < 1.29 is 14.6 Å². The van der Waals surface area contributed by atoms with Gasteiger partial charge in [0.2, 0.25) is 0 Å². The predicted molar refractivity (Wildman–Crippen MR) is 81.4 cm³/mol. The van der Waals surface area contributed by atoms with Gasteiger partial charge in [-0.2, -0.15) is 5.10 Å². The van der Waals surface area contributed by atoms with Gasteiger partial charge in [0.1, 0.15) is 17.8 Å². The molecule has 0 saturated heterocycles. The fourth-order valence-corrected chi connectivity index (χ4v) is 2.59. The minimum absolute atomic E-state index is 0.0227. The molecule has 2 heterocycles. The van der Waals surface area contributed by atoms with E-state index in [9.17, 15) is 9.59 Å². The van der Waals surface area contributed by atoms with E-state index in [0.717, 1.165) is 12.2 Å². The summed E-state index contributed by atoms with van der Waals surface area (Å²) in [6, 6.07) is 1.04. The average molecular weight is 309 g/mol. The van der Waals surface area contributed by atoms with E-state index in [2.05, 4.69) is 29.7 Å². The predicted octanol–water partition coefficient (Wildman–Crippen LogP) is 1.74. The van der Waals surface area contributed by atoms with E-state index in [1.165, 1.54) is 10.9 Å². The van der Waals surface area contributed by atoms with Crippen LogP contribution in [0.2, 0.25) is 25.7 Å². The number of aromatic nitrogens is 3. The normalized spacial score (nSPS) is 12.0. The lowest BCUT2D eigenvalue weighted by molar-refractivity contribution is 0.0696. The molecule has 7 nitrogen and oxygen atoms in total. The van der Waals surface area contributed by atoms with Crippen LogP contribution in [0.15, 0.2) is 17.2 Å². The molecule has 114 valence electrons. The molecule has 0 saturated carbocycles. The van der Waals surface area contributed by atoms with E-state index in [1.54, 1.807) is 0 Å². The van der Waals surface area contributed by atoms with Crippen LogP contribution in [0.4, 0.5) is 0 Å². The fraction of sp³-hybridized carbons (Fsp3) is 0.462. The molecule has 21 heavy (non-hydrogen) atoms. The summed E-state index contributed by atoms with van der Waals surface area (Å²) in [4.78, 5) is 25.2. The number of H-pyrrole nitrogens is 1. The summed E-state index contributed by atoms with van der Waals surface area (Å²) in [5, 5.41) is 13.5. The van der Waals surface area contributed by atoms with E-state index in [-0.39, 0.29) is 28.8 Å². The van der Waals surface area contributed by atoms with Crippen LogP contribution in [0.5, 0.6) is 0 Å². The van der Waals surface area contributed by atoms with Crippen LogP contribution in [0.25, 0.3) is 10.9 Å². The van der Waals surface area contributed by atoms with Gasteiger partial charge in [0.25, 0.3) is 5.56 Å². The van der Waals surface area contributed by atoms with Gasteiger partial charge in [0.15, 0.2) is 0 Å². The van der Waals surface area contributed by atoms with E-state index in [0.29, 0.717) is 6.61 Å². The number of hydrogen-bond donors (Lipinski definition) is 2. The second-order valence-electron chi connectivity index (χ2n) is 6.12. The van der Waals surface area contributed by atoms with Crippen molar-refractivity contribution in [3.05, 3.63) is 28.3 Å². The average Bonchev–Trinajstić information content (AvgIpc) is 2.78. The molecular formula is C13H19N3O4Si. The third-order valence-corrected chi connectivity index (χ3v) is 4.76. The molecule has 0 amide bonds. The van der Waals surface area contributed by atoms with E-state index >= 15 is 0 Å². The summed E-state index contributed by atoms with van der Waals surface area (Å²) < 4.78 is 7.00. The molecule has 2 aromatic rings. The van der Waals surface area contributed by atoms with Crippen molar-refractivity contribution in [2.45, 2.75) is 32.4 Å². The van der Waals surface area contributed by atoms with Crippen LogP contribution < -0.4 is 5.56 Å². The molecule has 0 aliphatic heterocycles. The molecule has 2 N–H and O–H groups in total. The topological polar surface area (TPSA) is 97.2 Å². The SMILES string of the molecule is C[Si](C)(C)CCOCn1cc2c(=O)[nH]cc(C(=O)O)c2n1. The fourth-order valence-electron chi connectivity index (χ4n) is 1.84. The van der Waals surface area contributed by atoms with Crippen molar-refractivity contribution in [2.75, 3.05) is 6.61 Å². The molecule has 0 spiro atoms. The van der Waals surface area contributed by atoms with Gasteiger partial charge in [-0.05, 0) is 6.04 Å². The lowest BCUT2D eigenvalue weighted by Crippen LogP contribution is -2.22. The van der Waals surface area contributed by atoms with Gasteiger partial charge in [0, 0.05) is 27.1 Å². The van der Waals surface area contributed by atoms with Gasteiger partial charge in [-0.3, -0.25) is 4.79 Å². The number of carbonyl (C=O) groups is 1. The van der Waals surface area contributed by atoms with Crippen molar-refractivity contribution in [1.82, 2.24) is 14.8 Å². The van der Waals surface area contributed by atoms with Crippen molar-refractivity contribution in [1.29, 1.82) is 0 Å². The Kier molecular flexibility index (Phi) is 4.28. The van der Waals surface area contributed by atoms with Crippen molar-refractivity contribution >= 4 is 24.9 Å². The standard InChI is InChI=1S/C13H19N3O4Si/c1-21(2,3)5-4-20-8-16-7-10-11(15-16)9(13(18)19)6-14-12(10)17/h6-7H,4-5,8H2,1-3H3,(H,14,17)(H,18,19). The number of hydrogen-bond acceptors (Lipinski definition) is 4. The molecule has 0 aromatic carbocycles. The molecule has 8 heteroatoms. The number of carboxylic acid groups (broad SMARTS) is 1. The minimum Gasteiger partial charge on any atom is -0.478 e. The van der Waals surface area contributed by atoms with Gasteiger partial charge in [-0.1, -0.05) is 19.6 Å². The molecule has 2 rings (SSSR count). The van der Waals surface area contributed by atoms with Crippen LogP contribution in [0.3, 0.4) is 0 Å². The summed E-state index contributed by atoms with van der Waals surface area (Å²) >= 11 is 0. The summed E-state index contributed by atoms with van der Waals surface area (Å²) in [6.45, 7) is 7.62. The number of fused-ring (bicyclic) bond motifs is 1. The Labute approximate surface area is 122 Å². The van der Waals surface area contributed by atoms with E-state index in [1.807, 2.05) is 0 Å². The summed E-state index contributed by atoms with van der Waals surface area (Å²) in [7, 11) is -1.15. The first-order chi connectivity index (χ1) is 9.78. The smallest absolute Gasteiger partial charge is 0.339 e. The highest BCUT2D eigenvalue weighted by Crippen LogP contribution is 2.13. The maximum absolute atomic E-state index is 11.7. The lowest BCUT2D eigenvalue weighted by atomic mass is 10.2. The largest absolute Gasteiger partial charge is 0.478 e. The first-order valence-corrected chi connectivity index (χ1v) is 10.4. The zero-order valence-corrected chi connectivity index (χ0v) is 13.3. The number of rotatable bonds is 6. The maximum atomic E-state index is 11.7. The van der Waals surface area contributed by atoms with Gasteiger partial charge in [-0.25, -0.2) is 9.48 Å². The number of pyridine rings is 1. The Hall–Kier alpha value is -1.93. The highest BCUT2D eigenvalue weighted by Gasteiger charge is 2.15. The van der Waals surface area contributed by atoms with Gasteiger partial charge < -0.3 is 14.8 Å². The highest BCUT2D eigenvalue weighted by atomic mass is 28.3.